The van der Waals surface area contributed by atoms with E-state index in [0.717, 1.165) is 18.4 Å². The van der Waals surface area contributed by atoms with Crippen molar-refractivity contribution in [1.82, 2.24) is 10.7 Å². The lowest BCUT2D eigenvalue weighted by atomic mass is 10.2. The van der Waals surface area contributed by atoms with E-state index in [4.69, 9.17) is 14.2 Å². The highest BCUT2D eigenvalue weighted by molar-refractivity contribution is 5.97. The van der Waals surface area contributed by atoms with Crippen LogP contribution in [0.3, 0.4) is 0 Å². The lowest BCUT2D eigenvalue weighted by Gasteiger charge is -2.10. The van der Waals surface area contributed by atoms with Crippen LogP contribution in [0.2, 0.25) is 0 Å². The molecule has 0 aliphatic rings. The first kappa shape index (κ1) is 22.7. The molecule has 2 aromatic rings. The summed E-state index contributed by atoms with van der Waals surface area (Å²) in [5, 5.41) is 6.47. The first-order chi connectivity index (χ1) is 14.6. The molecule has 0 aliphatic heterocycles. The average Bonchev–Trinajstić information content (AvgIpc) is 2.78. The topological polar surface area (TPSA) is 98.2 Å². The van der Waals surface area contributed by atoms with Gasteiger partial charge >= 0.3 is 0 Å². The van der Waals surface area contributed by atoms with Gasteiger partial charge in [0.05, 0.1) is 33.6 Å². The zero-order chi connectivity index (χ0) is 21.8. The Kier molecular flexibility index (Phi) is 9.18. The van der Waals surface area contributed by atoms with E-state index in [9.17, 15) is 9.59 Å². The van der Waals surface area contributed by atoms with Crippen molar-refractivity contribution in [2.75, 3.05) is 27.4 Å². The number of carbonyl (C=O) groups is 2. The molecule has 30 heavy (non-hydrogen) atoms. The molecule has 2 N–H and O–H groups in total. The van der Waals surface area contributed by atoms with Crippen LogP contribution in [0, 0.1) is 0 Å². The number of hydrogen-bond donors (Lipinski definition) is 2. The largest absolute Gasteiger partial charge is 0.493 e. The molecule has 2 aromatic carbocycles. The molecule has 8 nitrogen and oxygen atoms in total. The van der Waals surface area contributed by atoms with Crippen molar-refractivity contribution in [3.05, 3.63) is 53.6 Å². The van der Waals surface area contributed by atoms with E-state index >= 15 is 0 Å². The Morgan fingerprint density at radius 3 is 2.53 bits per heavy atom. The molecular weight excluding hydrogens is 386 g/mol. The first-order valence-electron chi connectivity index (χ1n) is 9.63. The third-order valence-electron chi connectivity index (χ3n) is 4.12. The lowest BCUT2D eigenvalue weighted by Crippen LogP contribution is -2.34. The summed E-state index contributed by atoms with van der Waals surface area (Å²) in [4.78, 5) is 24.2. The van der Waals surface area contributed by atoms with Crippen molar-refractivity contribution in [1.29, 1.82) is 0 Å². The van der Waals surface area contributed by atoms with Crippen molar-refractivity contribution in [2.24, 2.45) is 5.10 Å². The summed E-state index contributed by atoms with van der Waals surface area (Å²) in [7, 11) is 3.00. The quantitative estimate of drug-likeness (QED) is 0.335. The maximum atomic E-state index is 12.2. The van der Waals surface area contributed by atoms with Gasteiger partial charge in [0, 0.05) is 11.1 Å². The number of para-hydroxylation sites is 1. The van der Waals surface area contributed by atoms with E-state index in [1.807, 2.05) is 24.3 Å². The minimum Gasteiger partial charge on any atom is -0.493 e. The zero-order valence-corrected chi connectivity index (χ0v) is 17.4. The Bertz CT molecular complexity index is 883. The Labute approximate surface area is 176 Å². The van der Waals surface area contributed by atoms with E-state index in [2.05, 4.69) is 22.8 Å². The van der Waals surface area contributed by atoms with Gasteiger partial charge in [-0.05, 0) is 36.8 Å². The number of hydrazone groups is 1. The van der Waals surface area contributed by atoms with Gasteiger partial charge in [-0.25, -0.2) is 5.43 Å². The van der Waals surface area contributed by atoms with Crippen LogP contribution >= 0.6 is 0 Å². The van der Waals surface area contributed by atoms with Gasteiger partial charge in [0.2, 0.25) is 0 Å². The Morgan fingerprint density at radius 1 is 1.03 bits per heavy atom. The van der Waals surface area contributed by atoms with Gasteiger partial charge in [-0.3, -0.25) is 9.59 Å². The second kappa shape index (κ2) is 12.1. The molecule has 0 saturated heterocycles. The molecule has 0 bridgehead atoms. The molecule has 0 spiro atoms. The molecule has 0 fully saturated rings. The normalized spacial score (nSPS) is 10.5. The summed E-state index contributed by atoms with van der Waals surface area (Å²) in [5.74, 6) is 0.777. The highest BCUT2D eigenvalue weighted by atomic mass is 16.5. The molecule has 0 heterocycles. The summed E-state index contributed by atoms with van der Waals surface area (Å²) >= 11 is 0. The Balaban J connectivity index is 1.86. The molecule has 0 unspecified atom stereocenters. The monoisotopic (exact) mass is 413 g/mol. The molecule has 0 saturated carbocycles. The predicted molar refractivity (Wildman–Crippen MR) is 114 cm³/mol. The number of methoxy groups -OCH3 is 2. The van der Waals surface area contributed by atoms with Crippen LogP contribution in [-0.4, -0.2) is 45.4 Å². The van der Waals surface area contributed by atoms with E-state index in [-0.39, 0.29) is 6.54 Å². The smallest absolute Gasteiger partial charge is 0.259 e. The maximum absolute atomic E-state index is 12.2. The Morgan fingerprint density at radius 2 is 1.80 bits per heavy atom. The molecule has 8 heteroatoms. The van der Waals surface area contributed by atoms with Gasteiger partial charge in [0.25, 0.3) is 11.8 Å². The zero-order valence-electron chi connectivity index (χ0n) is 17.4. The summed E-state index contributed by atoms with van der Waals surface area (Å²) in [6, 6.07) is 12.2. The summed E-state index contributed by atoms with van der Waals surface area (Å²) in [5.41, 5.74) is 3.49. The molecule has 2 rings (SSSR count). The third kappa shape index (κ3) is 6.80. The number of benzene rings is 2. The van der Waals surface area contributed by atoms with Gasteiger partial charge < -0.3 is 19.5 Å². The van der Waals surface area contributed by atoms with Gasteiger partial charge in [-0.2, -0.15) is 5.10 Å². The SMILES string of the molecule is CCCCOc1ccccc1C=NNC(=O)CNC(=O)c1ccc(OC)c(OC)c1. The fourth-order valence-electron chi connectivity index (χ4n) is 2.50. The average molecular weight is 413 g/mol. The van der Waals surface area contributed by atoms with Crippen LogP contribution in [0.1, 0.15) is 35.7 Å². The maximum Gasteiger partial charge on any atom is 0.259 e. The number of nitrogens with zero attached hydrogens (tertiary/aromatic N) is 1. The van der Waals surface area contributed by atoms with Crippen LogP contribution in [0.25, 0.3) is 0 Å². The number of hydrogen-bond acceptors (Lipinski definition) is 6. The molecule has 160 valence electrons. The summed E-state index contributed by atoms with van der Waals surface area (Å²) in [6.07, 6.45) is 3.51. The number of carbonyl (C=O) groups excluding carboxylic acids is 2. The van der Waals surface area contributed by atoms with Crippen molar-refractivity contribution in [2.45, 2.75) is 19.8 Å². The van der Waals surface area contributed by atoms with Crippen LogP contribution in [0.5, 0.6) is 17.2 Å². The first-order valence-corrected chi connectivity index (χ1v) is 9.63. The van der Waals surface area contributed by atoms with Crippen molar-refractivity contribution in [3.8, 4) is 17.2 Å². The molecule has 0 atom stereocenters. The molecular formula is C22H27N3O5. The second-order valence-electron chi connectivity index (χ2n) is 6.29. The second-order valence-corrected chi connectivity index (χ2v) is 6.29. The third-order valence-corrected chi connectivity index (χ3v) is 4.12. The van der Waals surface area contributed by atoms with E-state index < -0.39 is 11.8 Å². The fourth-order valence-corrected chi connectivity index (χ4v) is 2.50. The minimum absolute atomic E-state index is 0.223. The van der Waals surface area contributed by atoms with Gasteiger partial charge in [-0.1, -0.05) is 25.5 Å². The van der Waals surface area contributed by atoms with E-state index in [1.165, 1.54) is 20.4 Å². The van der Waals surface area contributed by atoms with Gasteiger partial charge in [-0.15, -0.1) is 0 Å². The molecule has 0 aliphatic carbocycles. The predicted octanol–water partition coefficient (Wildman–Crippen LogP) is 2.76. The number of unbranched alkanes of at least 4 members (excludes halogenated alkanes) is 1. The number of rotatable bonds is 11. The van der Waals surface area contributed by atoms with Crippen LogP contribution in [-0.2, 0) is 4.79 Å². The van der Waals surface area contributed by atoms with Crippen LogP contribution in [0.4, 0.5) is 0 Å². The molecule has 0 aromatic heterocycles. The van der Waals surface area contributed by atoms with Crippen molar-refractivity contribution >= 4 is 18.0 Å². The van der Waals surface area contributed by atoms with E-state index in [0.29, 0.717) is 29.4 Å². The standard InChI is InChI=1S/C22H27N3O5/c1-4-5-12-30-18-9-7-6-8-17(18)14-24-25-21(26)15-23-22(27)16-10-11-19(28-2)20(13-16)29-3/h6-11,13-14H,4-5,12,15H2,1-3H3,(H,23,27)(H,25,26). The Hall–Kier alpha value is -3.55. The fraction of sp³-hybridized carbons (Fsp3) is 0.318. The van der Waals surface area contributed by atoms with Gasteiger partial charge in [0.15, 0.2) is 11.5 Å². The van der Waals surface area contributed by atoms with Gasteiger partial charge in [0.1, 0.15) is 5.75 Å². The molecule has 0 radical (unpaired) electrons. The molecule has 2 amide bonds. The minimum atomic E-state index is -0.454. The highest BCUT2D eigenvalue weighted by Crippen LogP contribution is 2.27. The summed E-state index contributed by atoms with van der Waals surface area (Å²) in [6.45, 7) is 2.49. The number of nitrogens with one attached hydrogen (secondary N) is 2. The van der Waals surface area contributed by atoms with Crippen LogP contribution < -0.4 is 25.0 Å². The summed E-state index contributed by atoms with van der Waals surface area (Å²) < 4.78 is 16.0. The van der Waals surface area contributed by atoms with Crippen LogP contribution in [0.15, 0.2) is 47.6 Å². The number of ether oxygens (including phenoxy) is 3. The van der Waals surface area contributed by atoms with Crippen molar-refractivity contribution < 1.29 is 23.8 Å². The van der Waals surface area contributed by atoms with Crippen molar-refractivity contribution in [3.63, 3.8) is 0 Å². The lowest BCUT2D eigenvalue weighted by molar-refractivity contribution is -0.120. The highest BCUT2D eigenvalue weighted by Gasteiger charge is 2.11. The number of amides is 2. The van der Waals surface area contributed by atoms with E-state index in [1.54, 1.807) is 18.2 Å².